The maximum atomic E-state index is 4.78. The Kier molecular flexibility index (Phi) is 2.19. The van der Waals surface area contributed by atoms with E-state index in [0.717, 1.165) is 39.4 Å². The number of nitrogens with zero attached hydrogens (tertiary/aromatic N) is 4. The average Bonchev–Trinajstić information content (AvgIpc) is 2.90. The molecule has 0 saturated heterocycles. The average molecular weight is 240 g/mol. The molecule has 0 unspecified atom stereocenters. The second-order valence-electron chi connectivity index (χ2n) is 5.15. The van der Waals surface area contributed by atoms with Crippen molar-refractivity contribution in [2.75, 3.05) is 0 Å². The van der Waals surface area contributed by atoms with Gasteiger partial charge in [-0.3, -0.25) is 10.3 Å². The molecule has 0 spiro atoms. The van der Waals surface area contributed by atoms with Crippen LogP contribution in [0.3, 0.4) is 0 Å². The molecule has 0 bridgehead atoms. The van der Waals surface area contributed by atoms with E-state index in [4.69, 9.17) is 4.98 Å². The van der Waals surface area contributed by atoms with Gasteiger partial charge >= 0.3 is 0 Å². The lowest BCUT2D eigenvalue weighted by atomic mass is 10.1. The van der Waals surface area contributed by atoms with Gasteiger partial charge in [0, 0.05) is 19.3 Å². The van der Waals surface area contributed by atoms with Crippen LogP contribution in [0.2, 0.25) is 0 Å². The highest BCUT2D eigenvalue weighted by atomic mass is 15.1. The van der Waals surface area contributed by atoms with E-state index >= 15 is 0 Å². The third-order valence-electron chi connectivity index (χ3n) is 3.61. The summed E-state index contributed by atoms with van der Waals surface area (Å²) in [5.41, 5.74) is 6.31. The highest BCUT2D eigenvalue weighted by molar-refractivity contribution is 6.06. The minimum atomic E-state index is 0.406. The number of hydrogen-bond acceptors (Lipinski definition) is 2. The molecule has 0 radical (unpaired) electrons. The molecule has 18 heavy (non-hydrogen) atoms. The van der Waals surface area contributed by atoms with Crippen molar-refractivity contribution in [2.24, 2.45) is 12.0 Å². The van der Waals surface area contributed by atoms with Crippen molar-refractivity contribution >= 4 is 28.7 Å². The highest BCUT2D eigenvalue weighted by Gasteiger charge is 2.24. The van der Waals surface area contributed by atoms with Crippen molar-refractivity contribution in [1.29, 1.82) is 0 Å². The number of benzene rings is 1. The third kappa shape index (κ3) is 1.24. The molecule has 3 rings (SSSR count). The molecule has 92 valence electrons. The fraction of sp³-hybridized carbons (Fsp3) is 0.429. The summed E-state index contributed by atoms with van der Waals surface area (Å²) in [6, 6.07) is 0. The molecule has 4 heteroatoms. The Bertz CT molecular complexity index is 677. The summed E-state index contributed by atoms with van der Waals surface area (Å²) in [7, 11) is 2.07. The first kappa shape index (κ1) is 11.2. The van der Waals surface area contributed by atoms with Gasteiger partial charge in [0.05, 0.1) is 16.6 Å². The van der Waals surface area contributed by atoms with Crippen LogP contribution < -0.4 is 0 Å². The van der Waals surface area contributed by atoms with Gasteiger partial charge in [0.2, 0.25) is 0 Å². The van der Waals surface area contributed by atoms with Gasteiger partial charge in [-0.15, -0.1) is 0 Å². The lowest BCUT2D eigenvalue weighted by molar-refractivity contribution is 0.722. The first-order valence-electron chi connectivity index (χ1n) is 6.18. The first-order chi connectivity index (χ1) is 8.52. The Labute approximate surface area is 107 Å². The van der Waals surface area contributed by atoms with Crippen molar-refractivity contribution in [2.45, 2.75) is 33.6 Å². The molecular formula is C14H16N4. The molecule has 1 aromatic carbocycles. The molecule has 1 aromatic heterocycles. The van der Waals surface area contributed by atoms with Gasteiger partial charge in [-0.1, -0.05) is 13.8 Å². The molecule has 0 N–H and O–H groups in total. The number of aromatic nitrogens is 2. The van der Waals surface area contributed by atoms with Crippen LogP contribution in [0, 0.1) is 13.8 Å². The smallest absolute Gasteiger partial charge is 0.130 e. The maximum absolute atomic E-state index is 4.78. The molecule has 2 heterocycles. The second kappa shape index (κ2) is 3.53. The fourth-order valence-corrected chi connectivity index (χ4v) is 2.70. The summed E-state index contributed by atoms with van der Waals surface area (Å²) < 4.78 is 2.18. The van der Waals surface area contributed by atoms with Crippen LogP contribution >= 0.6 is 0 Å². The van der Waals surface area contributed by atoms with E-state index in [1.54, 1.807) is 0 Å². The second-order valence-corrected chi connectivity index (χ2v) is 5.15. The van der Waals surface area contributed by atoms with E-state index in [1.165, 1.54) is 0 Å². The quantitative estimate of drug-likeness (QED) is 0.698. The molecule has 4 nitrogen and oxygen atoms in total. The number of imidazole rings is 1. The van der Waals surface area contributed by atoms with E-state index in [2.05, 4.69) is 56.0 Å². The number of hydrogen-bond donors (Lipinski definition) is 0. The molecule has 0 atom stereocenters. The van der Waals surface area contributed by atoms with Crippen molar-refractivity contribution in [3.05, 3.63) is 22.3 Å². The lowest BCUT2D eigenvalue weighted by Gasteiger charge is -2.08. The zero-order chi connectivity index (χ0) is 13.0. The van der Waals surface area contributed by atoms with Gasteiger partial charge in [0.1, 0.15) is 22.7 Å². The molecule has 1 aliphatic rings. The summed E-state index contributed by atoms with van der Waals surface area (Å²) in [5, 5.41) is 4.25. The van der Waals surface area contributed by atoms with Crippen molar-refractivity contribution < 1.29 is 0 Å². The molecule has 2 aromatic rings. The van der Waals surface area contributed by atoms with E-state index < -0.39 is 0 Å². The van der Waals surface area contributed by atoms with Crippen LogP contribution in [0.15, 0.2) is 4.99 Å². The Morgan fingerprint density at radius 2 is 1.94 bits per heavy atom. The Morgan fingerprint density at radius 3 is 2.61 bits per heavy atom. The number of aryl methyl sites for hydroxylation is 3. The topological polar surface area (TPSA) is 44.3 Å². The van der Waals surface area contributed by atoms with Gasteiger partial charge < -0.3 is 4.57 Å². The highest BCUT2D eigenvalue weighted by Crippen LogP contribution is 2.45. The van der Waals surface area contributed by atoms with E-state index in [9.17, 15) is 0 Å². The van der Waals surface area contributed by atoms with Gasteiger partial charge in [-0.05, 0) is 13.8 Å². The number of aliphatic imine (C=N–C) groups is 1. The Hall–Kier alpha value is -1.93. The normalized spacial score (nSPS) is 13.0. The standard InChI is InChI=1S/C14H16N4/c1-7(2)14-17-12-8(3)10-11(16-6-15-10)9(4)13(12)18(14)5/h7H,1-5H3. The van der Waals surface area contributed by atoms with Crippen LogP contribution in [-0.2, 0) is 7.05 Å². The van der Waals surface area contributed by atoms with Crippen LogP contribution in [0.5, 0.6) is 0 Å². The summed E-state index contributed by atoms with van der Waals surface area (Å²) >= 11 is 0. The predicted molar refractivity (Wildman–Crippen MR) is 74.4 cm³/mol. The molecule has 0 saturated carbocycles. The lowest BCUT2D eigenvalue weighted by Crippen LogP contribution is -2.00. The zero-order valence-electron chi connectivity index (χ0n) is 11.4. The summed E-state index contributed by atoms with van der Waals surface area (Å²) in [4.78, 5) is 9.01. The first-order valence-corrected chi connectivity index (χ1v) is 6.18. The number of rotatable bonds is 1. The van der Waals surface area contributed by atoms with Crippen LogP contribution in [0.25, 0.3) is 16.4 Å². The molecule has 0 fully saturated rings. The molecular weight excluding hydrogens is 224 g/mol. The third-order valence-corrected chi connectivity index (χ3v) is 3.61. The molecule has 1 aliphatic heterocycles. The van der Waals surface area contributed by atoms with Gasteiger partial charge in [-0.25, -0.2) is 4.98 Å². The van der Waals surface area contributed by atoms with Crippen molar-refractivity contribution in [3.63, 3.8) is 0 Å². The largest absolute Gasteiger partial charge is 0.330 e. The maximum Gasteiger partial charge on any atom is 0.130 e. The molecule has 0 amide bonds. The van der Waals surface area contributed by atoms with Crippen LogP contribution in [-0.4, -0.2) is 15.9 Å². The summed E-state index contributed by atoms with van der Waals surface area (Å²) in [6.07, 6.45) is 2.70. The van der Waals surface area contributed by atoms with E-state index in [1.807, 2.05) is 0 Å². The fourth-order valence-electron chi connectivity index (χ4n) is 2.70. The number of fused-ring (bicyclic) bond motifs is 2. The minimum absolute atomic E-state index is 0.406. The Balaban J connectivity index is 2.46. The summed E-state index contributed by atoms with van der Waals surface area (Å²) in [6.45, 7) is 8.47. The van der Waals surface area contributed by atoms with Crippen molar-refractivity contribution in [1.82, 2.24) is 9.55 Å². The van der Waals surface area contributed by atoms with Gasteiger partial charge in [0.25, 0.3) is 0 Å². The van der Waals surface area contributed by atoms with Crippen molar-refractivity contribution in [3.8, 4) is 0 Å². The zero-order valence-corrected chi connectivity index (χ0v) is 11.4. The predicted octanol–water partition coefficient (Wildman–Crippen LogP) is 3.87. The SMILES string of the molecule is Cc1c2c(c(C)c3c1nc(C(C)C)n3C)[N-][C+]=N2. The monoisotopic (exact) mass is 240 g/mol. The van der Waals surface area contributed by atoms with Crippen LogP contribution in [0.4, 0.5) is 11.4 Å². The van der Waals surface area contributed by atoms with E-state index in [0.29, 0.717) is 5.92 Å². The Morgan fingerprint density at radius 1 is 1.22 bits per heavy atom. The van der Waals surface area contributed by atoms with Crippen LogP contribution in [0.1, 0.15) is 36.7 Å². The van der Waals surface area contributed by atoms with E-state index in [-0.39, 0.29) is 0 Å². The minimum Gasteiger partial charge on any atom is -0.330 e. The van der Waals surface area contributed by atoms with Gasteiger partial charge in [-0.2, -0.15) is 0 Å². The molecule has 0 aliphatic carbocycles. The van der Waals surface area contributed by atoms with Gasteiger partial charge in [0.15, 0.2) is 0 Å². The summed E-state index contributed by atoms with van der Waals surface area (Å²) in [5.74, 6) is 1.51.